The normalized spacial score (nSPS) is 13.3. The van der Waals surface area contributed by atoms with Crippen LogP contribution in [0.25, 0.3) is 0 Å². The molecule has 1 rings (SSSR count). The summed E-state index contributed by atoms with van der Waals surface area (Å²) >= 11 is 0. The van der Waals surface area contributed by atoms with Crippen LogP contribution in [0.15, 0.2) is 24.3 Å². The van der Waals surface area contributed by atoms with E-state index < -0.39 is 5.54 Å². The van der Waals surface area contributed by atoms with E-state index in [2.05, 4.69) is 5.32 Å². The molecule has 1 atom stereocenters. The largest absolute Gasteiger partial charge is 0.491 e. The number of rotatable bonds is 6. The van der Waals surface area contributed by atoms with Crippen LogP contribution in [0, 0.1) is 0 Å². The predicted molar refractivity (Wildman–Crippen MR) is 85.6 cm³/mol. The zero-order chi connectivity index (χ0) is 14.5. The third-order valence-corrected chi connectivity index (χ3v) is 2.77. The zero-order valence-corrected chi connectivity index (χ0v) is 13.4. The van der Waals surface area contributed by atoms with Crippen LogP contribution in [0.1, 0.15) is 40.5 Å². The molecule has 1 aromatic rings. The van der Waals surface area contributed by atoms with Crippen LogP contribution in [0.5, 0.6) is 5.75 Å². The van der Waals surface area contributed by atoms with Crippen molar-refractivity contribution in [3.63, 3.8) is 0 Å². The molecule has 3 N–H and O–H groups in total. The second kappa shape index (κ2) is 8.12. The number of hydrogen-bond acceptors (Lipinski definition) is 3. The number of nitrogens with two attached hydrogens (primary N) is 1. The number of carbonyl (C=O) groups is 1. The number of benzene rings is 1. The Morgan fingerprint density at radius 2 is 1.90 bits per heavy atom. The van der Waals surface area contributed by atoms with Crippen LogP contribution < -0.4 is 15.8 Å². The first kappa shape index (κ1) is 18.7. The van der Waals surface area contributed by atoms with E-state index in [1.165, 1.54) is 0 Å². The van der Waals surface area contributed by atoms with E-state index in [9.17, 15) is 4.79 Å². The van der Waals surface area contributed by atoms with Crippen molar-refractivity contribution < 1.29 is 9.53 Å². The van der Waals surface area contributed by atoms with Gasteiger partial charge in [-0.3, -0.25) is 4.79 Å². The molecule has 0 aliphatic rings. The van der Waals surface area contributed by atoms with Gasteiger partial charge < -0.3 is 15.8 Å². The first-order valence-corrected chi connectivity index (χ1v) is 6.72. The van der Waals surface area contributed by atoms with Crippen molar-refractivity contribution in [1.29, 1.82) is 0 Å². The number of hydrogen-bond donors (Lipinski definition) is 2. The summed E-state index contributed by atoms with van der Waals surface area (Å²) in [5.74, 6) is 0.629. The van der Waals surface area contributed by atoms with Crippen molar-refractivity contribution in [3.05, 3.63) is 24.3 Å². The molecular formula is C15H25ClN2O2. The molecule has 0 aliphatic heterocycles. The molecule has 1 unspecified atom stereocenters. The van der Waals surface area contributed by atoms with E-state index in [0.717, 1.165) is 17.9 Å². The molecule has 0 saturated heterocycles. The maximum atomic E-state index is 12.0. The minimum atomic E-state index is -0.831. The molecule has 20 heavy (non-hydrogen) atoms. The first-order chi connectivity index (χ1) is 8.85. The molecule has 0 saturated carbocycles. The number of amides is 1. The number of ether oxygens (including phenoxy) is 1. The first-order valence-electron chi connectivity index (χ1n) is 6.72. The van der Waals surface area contributed by atoms with Gasteiger partial charge in [0.1, 0.15) is 5.75 Å². The van der Waals surface area contributed by atoms with Gasteiger partial charge in [0, 0.05) is 5.69 Å². The SMILES string of the molecule is CCCC(C)(N)C(=O)Nc1ccc(OC(C)C)cc1.Cl. The van der Waals surface area contributed by atoms with Gasteiger partial charge in [-0.2, -0.15) is 0 Å². The van der Waals surface area contributed by atoms with Gasteiger partial charge in [0.15, 0.2) is 0 Å². The van der Waals surface area contributed by atoms with Gasteiger partial charge >= 0.3 is 0 Å². The average molecular weight is 301 g/mol. The highest BCUT2D eigenvalue weighted by Gasteiger charge is 2.27. The van der Waals surface area contributed by atoms with E-state index in [0.29, 0.717) is 6.42 Å². The van der Waals surface area contributed by atoms with E-state index in [-0.39, 0.29) is 24.4 Å². The lowest BCUT2D eigenvalue weighted by atomic mass is 9.96. The van der Waals surface area contributed by atoms with Crippen LogP contribution in [-0.4, -0.2) is 17.6 Å². The molecule has 4 nitrogen and oxygen atoms in total. The highest BCUT2D eigenvalue weighted by atomic mass is 35.5. The summed E-state index contributed by atoms with van der Waals surface area (Å²) in [5.41, 5.74) is 5.88. The summed E-state index contributed by atoms with van der Waals surface area (Å²) in [6.07, 6.45) is 1.67. The van der Waals surface area contributed by atoms with Crippen LogP contribution >= 0.6 is 12.4 Å². The topological polar surface area (TPSA) is 64.4 Å². The van der Waals surface area contributed by atoms with Crippen molar-refractivity contribution in [1.82, 2.24) is 0 Å². The van der Waals surface area contributed by atoms with Gasteiger partial charge in [-0.25, -0.2) is 0 Å². The van der Waals surface area contributed by atoms with Crippen molar-refractivity contribution in [2.24, 2.45) is 5.73 Å². The standard InChI is InChI=1S/C15H24N2O2.ClH/c1-5-10-15(4,16)14(18)17-12-6-8-13(9-7-12)19-11(2)3;/h6-9,11H,5,10,16H2,1-4H3,(H,17,18);1H. The fraction of sp³-hybridized carbons (Fsp3) is 0.533. The molecule has 5 heteroatoms. The fourth-order valence-corrected chi connectivity index (χ4v) is 1.80. The summed E-state index contributed by atoms with van der Waals surface area (Å²) < 4.78 is 5.54. The molecular weight excluding hydrogens is 276 g/mol. The monoisotopic (exact) mass is 300 g/mol. The van der Waals surface area contributed by atoms with Gasteiger partial charge in [-0.1, -0.05) is 13.3 Å². The second-order valence-corrected chi connectivity index (χ2v) is 5.31. The predicted octanol–water partition coefficient (Wildman–Crippen LogP) is 3.35. The molecule has 0 heterocycles. The maximum Gasteiger partial charge on any atom is 0.244 e. The minimum absolute atomic E-state index is 0. The molecule has 0 aromatic heterocycles. The molecule has 0 bridgehead atoms. The second-order valence-electron chi connectivity index (χ2n) is 5.31. The van der Waals surface area contributed by atoms with Crippen molar-refractivity contribution in [3.8, 4) is 5.75 Å². The Bertz CT molecular complexity index is 416. The number of nitrogens with one attached hydrogen (secondary N) is 1. The highest BCUT2D eigenvalue weighted by Crippen LogP contribution is 2.18. The van der Waals surface area contributed by atoms with Gasteiger partial charge in [0.2, 0.25) is 5.91 Å². The van der Waals surface area contributed by atoms with E-state index in [1.54, 1.807) is 6.92 Å². The Hall–Kier alpha value is -1.26. The number of carbonyl (C=O) groups excluding carboxylic acids is 1. The van der Waals surface area contributed by atoms with Gasteiger partial charge in [0.05, 0.1) is 11.6 Å². The Labute approximate surface area is 127 Å². The fourth-order valence-electron chi connectivity index (χ4n) is 1.80. The minimum Gasteiger partial charge on any atom is -0.491 e. The van der Waals surface area contributed by atoms with E-state index in [4.69, 9.17) is 10.5 Å². The van der Waals surface area contributed by atoms with Crippen molar-refractivity contribution in [2.75, 3.05) is 5.32 Å². The van der Waals surface area contributed by atoms with Crippen LogP contribution in [0.2, 0.25) is 0 Å². The lowest BCUT2D eigenvalue weighted by Gasteiger charge is -2.22. The quantitative estimate of drug-likeness (QED) is 0.847. The molecule has 0 fully saturated rings. The molecule has 114 valence electrons. The van der Waals surface area contributed by atoms with Gasteiger partial charge in [0.25, 0.3) is 0 Å². The van der Waals surface area contributed by atoms with Crippen LogP contribution in [0.3, 0.4) is 0 Å². The van der Waals surface area contributed by atoms with Gasteiger partial charge in [-0.05, 0) is 51.5 Å². The Kier molecular flexibility index (Phi) is 7.61. The maximum absolute atomic E-state index is 12.0. The third-order valence-electron chi connectivity index (χ3n) is 2.77. The lowest BCUT2D eigenvalue weighted by Crippen LogP contribution is -2.48. The molecule has 0 radical (unpaired) electrons. The highest BCUT2D eigenvalue weighted by molar-refractivity contribution is 5.97. The zero-order valence-electron chi connectivity index (χ0n) is 12.6. The van der Waals surface area contributed by atoms with Crippen LogP contribution in [-0.2, 0) is 4.79 Å². The molecule has 0 spiro atoms. The molecule has 1 aromatic carbocycles. The Balaban J connectivity index is 0.00000361. The number of anilines is 1. The summed E-state index contributed by atoms with van der Waals surface area (Å²) in [5, 5.41) is 2.83. The lowest BCUT2D eigenvalue weighted by molar-refractivity contribution is -0.120. The van der Waals surface area contributed by atoms with Crippen molar-refractivity contribution in [2.45, 2.75) is 52.2 Å². The molecule has 0 aliphatic carbocycles. The Morgan fingerprint density at radius 1 is 1.35 bits per heavy atom. The van der Waals surface area contributed by atoms with E-state index >= 15 is 0 Å². The van der Waals surface area contributed by atoms with Gasteiger partial charge in [-0.15, -0.1) is 12.4 Å². The van der Waals surface area contributed by atoms with Crippen molar-refractivity contribution >= 4 is 24.0 Å². The number of halogens is 1. The average Bonchev–Trinajstić information content (AvgIpc) is 2.30. The molecule has 1 amide bonds. The third kappa shape index (κ3) is 5.80. The summed E-state index contributed by atoms with van der Waals surface area (Å²) in [7, 11) is 0. The van der Waals surface area contributed by atoms with Crippen LogP contribution in [0.4, 0.5) is 5.69 Å². The smallest absolute Gasteiger partial charge is 0.244 e. The summed E-state index contributed by atoms with van der Waals surface area (Å²) in [6.45, 7) is 7.71. The Morgan fingerprint density at radius 3 is 2.35 bits per heavy atom. The summed E-state index contributed by atoms with van der Waals surface area (Å²) in [6, 6.07) is 7.31. The van der Waals surface area contributed by atoms with E-state index in [1.807, 2.05) is 45.0 Å². The summed E-state index contributed by atoms with van der Waals surface area (Å²) in [4.78, 5) is 12.0.